The van der Waals surface area contributed by atoms with Gasteiger partial charge in [0.05, 0.1) is 25.1 Å². The summed E-state index contributed by atoms with van der Waals surface area (Å²) in [5, 5.41) is 11.3. The van der Waals surface area contributed by atoms with E-state index in [1.165, 1.54) is 0 Å². The summed E-state index contributed by atoms with van der Waals surface area (Å²) in [5.41, 5.74) is -0.0852. The Balaban J connectivity index is 1.96. The highest BCUT2D eigenvalue weighted by Crippen LogP contribution is 2.38. The van der Waals surface area contributed by atoms with E-state index in [1.54, 1.807) is 13.4 Å². The van der Waals surface area contributed by atoms with Crippen molar-refractivity contribution in [2.24, 2.45) is 0 Å². The van der Waals surface area contributed by atoms with E-state index in [-0.39, 0.29) is 5.92 Å². The molecule has 2 atom stereocenters. The van der Waals surface area contributed by atoms with Crippen molar-refractivity contribution in [3.63, 3.8) is 0 Å². The molecule has 23 heavy (non-hydrogen) atoms. The van der Waals surface area contributed by atoms with E-state index in [2.05, 4.69) is 0 Å². The van der Waals surface area contributed by atoms with E-state index in [1.807, 2.05) is 72.8 Å². The summed E-state index contributed by atoms with van der Waals surface area (Å²) < 4.78 is 10.9. The van der Waals surface area contributed by atoms with Crippen LogP contribution < -0.4 is 0 Å². The second-order valence-electron chi connectivity index (χ2n) is 5.63. The van der Waals surface area contributed by atoms with Crippen molar-refractivity contribution >= 4 is 6.08 Å². The van der Waals surface area contributed by atoms with E-state index in [0.29, 0.717) is 6.42 Å². The zero-order valence-electron chi connectivity index (χ0n) is 13.1. The number of benzene rings is 1. The highest BCUT2D eigenvalue weighted by atomic mass is 16.5. The van der Waals surface area contributed by atoms with Gasteiger partial charge in [-0.2, -0.15) is 0 Å². The molecule has 1 aliphatic carbocycles. The van der Waals surface area contributed by atoms with Gasteiger partial charge in [0.15, 0.2) is 0 Å². The fraction of sp³-hybridized carbons (Fsp3) is 0.200. The summed E-state index contributed by atoms with van der Waals surface area (Å²) in [6.45, 7) is 0. The molecule has 1 aliphatic rings. The van der Waals surface area contributed by atoms with Crippen molar-refractivity contribution < 1.29 is 14.3 Å². The summed E-state index contributed by atoms with van der Waals surface area (Å²) in [4.78, 5) is 0. The van der Waals surface area contributed by atoms with Gasteiger partial charge in [-0.25, -0.2) is 0 Å². The number of methoxy groups -OCH3 is 1. The molecule has 1 N–H and O–H groups in total. The molecule has 3 rings (SSSR count). The van der Waals surface area contributed by atoms with Crippen molar-refractivity contribution in [3.8, 4) is 0 Å². The fourth-order valence-corrected chi connectivity index (χ4v) is 2.81. The minimum absolute atomic E-state index is 0.277. The van der Waals surface area contributed by atoms with Crippen molar-refractivity contribution in [2.45, 2.75) is 17.9 Å². The highest BCUT2D eigenvalue weighted by molar-refractivity contribution is 5.51. The average molecular weight is 308 g/mol. The van der Waals surface area contributed by atoms with Crippen molar-refractivity contribution in [2.75, 3.05) is 7.11 Å². The van der Waals surface area contributed by atoms with Gasteiger partial charge in [0.1, 0.15) is 11.4 Å². The van der Waals surface area contributed by atoms with E-state index >= 15 is 0 Å². The van der Waals surface area contributed by atoms with Gasteiger partial charge in [-0.3, -0.25) is 0 Å². The summed E-state index contributed by atoms with van der Waals surface area (Å²) in [5.74, 6) is 1.18. The zero-order chi connectivity index (χ0) is 16.1. The number of hydrogen-bond donors (Lipinski definition) is 1. The van der Waals surface area contributed by atoms with Crippen LogP contribution in [0.1, 0.15) is 23.7 Å². The normalized spacial score (nSPS) is 24.4. The molecular weight excluding hydrogens is 288 g/mol. The summed E-state index contributed by atoms with van der Waals surface area (Å²) >= 11 is 0. The Hall–Kier alpha value is -2.52. The van der Waals surface area contributed by atoms with Crippen LogP contribution in [0.3, 0.4) is 0 Å². The Morgan fingerprint density at radius 1 is 1.22 bits per heavy atom. The first kappa shape index (κ1) is 15.4. The number of aliphatic hydroxyl groups is 1. The molecule has 0 fully saturated rings. The van der Waals surface area contributed by atoms with Crippen LogP contribution in [0.4, 0.5) is 0 Å². The zero-order valence-corrected chi connectivity index (χ0v) is 13.1. The molecule has 1 aromatic heterocycles. The lowest BCUT2D eigenvalue weighted by atomic mass is 9.82. The summed E-state index contributed by atoms with van der Waals surface area (Å²) in [7, 11) is 1.62. The molecule has 0 saturated carbocycles. The van der Waals surface area contributed by atoms with Gasteiger partial charge in [-0.15, -0.1) is 0 Å². The molecule has 0 amide bonds. The van der Waals surface area contributed by atoms with E-state index < -0.39 is 5.60 Å². The SMILES string of the molecule is COC1=CC=C[C@@H](c2ccco2)[C@@](O)(/C=C/c2ccccc2)C1. The summed E-state index contributed by atoms with van der Waals surface area (Å²) in [6.07, 6.45) is 11.5. The number of ether oxygens (including phenoxy) is 1. The third-order valence-electron chi connectivity index (χ3n) is 4.06. The Morgan fingerprint density at radius 2 is 2.04 bits per heavy atom. The van der Waals surface area contributed by atoms with Crippen LogP contribution in [-0.4, -0.2) is 17.8 Å². The Labute approximate surface area is 136 Å². The van der Waals surface area contributed by atoms with Crippen molar-refractivity contribution in [3.05, 3.63) is 90.1 Å². The summed E-state index contributed by atoms with van der Waals surface area (Å²) in [6, 6.07) is 13.6. The highest BCUT2D eigenvalue weighted by Gasteiger charge is 2.37. The largest absolute Gasteiger partial charge is 0.501 e. The molecule has 0 aliphatic heterocycles. The van der Waals surface area contributed by atoms with Crippen LogP contribution in [0.2, 0.25) is 0 Å². The van der Waals surface area contributed by atoms with Crippen molar-refractivity contribution in [1.82, 2.24) is 0 Å². The minimum Gasteiger partial charge on any atom is -0.501 e. The van der Waals surface area contributed by atoms with Crippen LogP contribution in [0.5, 0.6) is 0 Å². The smallest absolute Gasteiger partial charge is 0.113 e. The number of allylic oxidation sites excluding steroid dienone is 2. The monoisotopic (exact) mass is 308 g/mol. The standard InChI is InChI=1S/C20H20O3/c1-22-17-9-5-10-18(19-11-6-14-23-19)20(21,15-17)13-12-16-7-3-2-4-8-16/h2-14,18,21H,15H2,1H3/b13-12+/t18-,20+/m0/s1. The van der Waals surface area contributed by atoms with Gasteiger partial charge in [-0.05, 0) is 23.8 Å². The predicted octanol–water partition coefficient (Wildman–Crippen LogP) is 4.30. The lowest BCUT2D eigenvalue weighted by Crippen LogP contribution is -2.33. The number of rotatable bonds is 4. The topological polar surface area (TPSA) is 42.6 Å². The van der Waals surface area contributed by atoms with Gasteiger partial charge in [0, 0.05) is 6.42 Å². The Bertz CT molecular complexity index is 711. The van der Waals surface area contributed by atoms with Crippen LogP contribution >= 0.6 is 0 Å². The molecule has 0 bridgehead atoms. The third kappa shape index (κ3) is 3.46. The molecule has 3 nitrogen and oxygen atoms in total. The maximum Gasteiger partial charge on any atom is 0.113 e. The van der Waals surface area contributed by atoms with Crippen LogP contribution in [0.25, 0.3) is 6.08 Å². The number of hydrogen-bond acceptors (Lipinski definition) is 3. The van der Waals surface area contributed by atoms with Gasteiger partial charge < -0.3 is 14.3 Å². The first-order valence-electron chi connectivity index (χ1n) is 7.63. The number of furan rings is 1. The Kier molecular flexibility index (Phi) is 4.49. The van der Waals surface area contributed by atoms with Crippen LogP contribution in [-0.2, 0) is 4.74 Å². The maximum absolute atomic E-state index is 11.3. The lowest BCUT2D eigenvalue weighted by molar-refractivity contribution is 0.0560. The van der Waals surface area contributed by atoms with Crippen molar-refractivity contribution in [1.29, 1.82) is 0 Å². The van der Waals surface area contributed by atoms with E-state index in [9.17, 15) is 5.11 Å². The van der Waals surface area contributed by atoms with Gasteiger partial charge >= 0.3 is 0 Å². The molecule has 1 aromatic carbocycles. The molecule has 0 radical (unpaired) electrons. The Morgan fingerprint density at radius 3 is 2.74 bits per heavy atom. The van der Waals surface area contributed by atoms with Crippen LogP contribution in [0.15, 0.2) is 83.2 Å². The lowest BCUT2D eigenvalue weighted by Gasteiger charge is -2.30. The second kappa shape index (κ2) is 6.71. The van der Waals surface area contributed by atoms with Gasteiger partial charge in [0.2, 0.25) is 0 Å². The molecule has 118 valence electrons. The second-order valence-corrected chi connectivity index (χ2v) is 5.63. The maximum atomic E-state index is 11.3. The molecule has 1 heterocycles. The predicted molar refractivity (Wildman–Crippen MR) is 90.7 cm³/mol. The first-order valence-corrected chi connectivity index (χ1v) is 7.63. The van der Waals surface area contributed by atoms with Gasteiger partial charge in [-0.1, -0.05) is 54.6 Å². The first-order chi connectivity index (χ1) is 11.2. The fourth-order valence-electron chi connectivity index (χ4n) is 2.81. The molecule has 0 spiro atoms. The van der Waals surface area contributed by atoms with Gasteiger partial charge in [0.25, 0.3) is 0 Å². The average Bonchev–Trinajstić information content (AvgIpc) is 3.05. The quantitative estimate of drug-likeness (QED) is 0.916. The molecule has 3 heteroatoms. The third-order valence-corrected chi connectivity index (χ3v) is 4.06. The van der Waals surface area contributed by atoms with E-state index in [0.717, 1.165) is 17.1 Å². The molecular formula is C20H20O3. The molecule has 0 saturated heterocycles. The van der Waals surface area contributed by atoms with Crippen LogP contribution in [0, 0.1) is 0 Å². The molecule has 2 aromatic rings. The minimum atomic E-state index is -1.12. The van der Waals surface area contributed by atoms with E-state index in [4.69, 9.17) is 9.15 Å². The molecule has 0 unspecified atom stereocenters.